The van der Waals surface area contributed by atoms with Gasteiger partial charge in [0.25, 0.3) is 0 Å². The van der Waals surface area contributed by atoms with Crippen LogP contribution in [0.2, 0.25) is 0 Å². The van der Waals surface area contributed by atoms with Crippen LogP contribution >= 0.6 is 0 Å². The predicted molar refractivity (Wildman–Crippen MR) is 54.1 cm³/mol. The summed E-state index contributed by atoms with van der Waals surface area (Å²) in [5.74, 6) is -0.0112. The molecule has 17 heavy (non-hydrogen) atoms. The number of hydrogen-bond acceptors (Lipinski definition) is 3. The highest BCUT2D eigenvalue weighted by molar-refractivity contribution is 7.87. The highest BCUT2D eigenvalue weighted by atomic mass is 32.2. The predicted octanol–water partition coefficient (Wildman–Crippen LogP) is 2.80. The first-order valence-corrected chi connectivity index (χ1v) is 6.69. The second kappa shape index (κ2) is 3.40. The summed E-state index contributed by atoms with van der Waals surface area (Å²) < 4.78 is 62.6. The molecule has 7 heteroatoms. The Labute approximate surface area is 97.8 Å². The molecule has 2 aliphatic carbocycles. The summed E-state index contributed by atoms with van der Waals surface area (Å²) in [7, 11) is -5.52. The Hall–Kier alpha value is -0.720. The third-order valence-corrected chi connectivity index (χ3v) is 4.65. The monoisotopic (exact) mass is 270 g/mol. The molecule has 2 rings (SSSR count). The lowest BCUT2D eigenvalue weighted by molar-refractivity contribution is -0.0526. The van der Waals surface area contributed by atoms with Gasteiger partial charge in [-0.1, -0.05) is 13.8 Å². The van der Waals surface area contributed by atoms with Gasteiger partial charge in [0.1, 0.15) is 5.76 Å². The van der Waals surface area contributed by atoms with Crippen molar-refractivity contribution in [2.75, 3.05) is 0 Å². The average molecular weight is 270 g/mol. The fourth-order valence-corrected chi connectivity index (χ4v) is 3.16. The maximum atomic E-state index is 12.2. The van der Waals surface area contributed by atoms with E-state index in [9.17, 15) is 21.6 Å². The lowest BCUT2D eigenvalue weighted by Gasteiger charge is -2.15. The van der Waals surface area contributed by atoms with Gasteiger partial charge in [0.2, 0.25) is 0 Å². The van der Waals surface area contributed by atoms with Crippen molar-refractivity contribution >= 4 is 10.1 Å². The van der Waals surface area contributed by atoms with Crippen molar-refractivity contribution in [2.24, 2.45) is 17.3 Å². The molecule has 1 fully saturated rings. The van der Waals surface area contributed by atoms with Crippen LogP contribution in [0.4, 0.5) is 13.2 Å². The average Bonchev–Trinajstić information content (AvgIpc) is 2.68. The van der Waals surface area contributed by atoms with E-state index in [-0.39, 0.29) is 23.0 Å². The van der Waals surface area contributed by atoms with Gasteiger partial charge in [-0.25, -0.2) is 0 Å². The van der Waals surface area contributed by atoms with E-state index in [0.717, 1.165) is 6.42 Å². The van der Waals surface area contributed by atoms with Crippen LogP contribution in [0, 0.1) is 17.3 Å². The lowest BCUT2D eigenvalue weighted by Crippen LogP contribution is -2.26. The van der Waals surface area contributed by atoms with Gasteiger partial charge in [-0.2, -0.15) is 21.6 Å². The van der Waals surface area contributed by atoms with Gasteiger partial charge in [-0.05, 0) is 30.3 Å². The van der Waals surface area contributed by atoms with Crippen molar-refractivity contribution in [2.45, 2.75) is 32.2 Å². The minimum Gasteiger partial charge on any atom is -0.381 e. The van der Waals surface area contributed by atoms with Gasteiger partial charge >= 0.3 is 15.6 Å². The van der Waals surface area contributed by atoms with Gasteiger partial charge in [-0.15, -0.1) is 0 Å². The zero-order chi connectivity index (χ0) is 13.1. The smallest absolute Gasteiger partial charge is 0.381 e. The molecule has 0 aromatic carbocycles. The third kappa shape index (κ3) is 1.94. The van der Waals surface area contributed by atoms with Gasteiger partial charge < -0.3 is 4.18 Å². The quantitative estimate of drug-likeness (QED) is 0.572. The summed E-state index contributed by atoms with van der Waals surface area (Å²) in [5.41, 5.74) is -5.52. The van der Waals surface area contributed by atoms with Crippen molar-refractivity contribution in [3.05, 3.63) is 11.8 Å². The van der Waals surface area contributed by atoms with E-state index in [2.05, 4.69) is 4.18 Å². The van der Waals surface area contributed by atoms with E-state index in [1.54, 1.807) is 0 Å². The third-order valence-electron chi connectivity index (χ3n) is 3.67. The number of alkyl halides is 3. The highest BCUT2D eigenvalue weighted by Crippen LogP contribution is 2.65. The Morgan fingerprint density at radius 1 is 1.41 bits per heavy atom. The highest BCUT2D eigenvalue weighted by Gasteiger charge is 2.62. The van der Waals surface area contributed by atoms with Crippen LogP contribution in [0.3, 0.4) is 0 Å². The molecule has 0 saturated heterocycles. The number of hydrogen-bond donors (Lipinski definition) is 0. The molecule has 2 unspecified atom stereocenters. The molecule has 98 valence electrons. The van der Waals surface area contributed by atoms with Crippen LogP contribution < -0.4 is 0 Å². The van der Waals surface area contributed by atoms with E-state index in [0.29, 0.717) is 6.42 Å². The maximum Gasteiger partial charge on any atom is 0.534 e. The molecule has 0 spiro atoms. The van der Waals surface area contributed by atoms with Crippen molar-refractivity contribution < 1.29 is 25.8 Å². The topological polar surface area (TPSA) is 43.4 Å². The molecule has 3 nitrogen and oxygen atoms in total. The minimum absolute atomic E-state index is 0.0384. The van der Waals surface area contributed by atoms with Crippen molar-refractivity contribution in [1.29, 1.82) is 0 Å². The van der Waals surface area contributed by atoms with E-state index < -0.39 is 15.6 Å². The molecule has 0 bridgehead atoms. The molecule has 0 radical (unpaired) electrons. The van der Waals surface area contributed by atoms with Crippen LogP contribution in [0.25, 0.3) is 0 Å². The van der Waals surface area contributed by atoms with Gasteiger partial charge in [0.05, 0.1) is 0 Å². The van der Waals surface area contributed by atoms with Crippen LogP contribution in [-0.2, 0) is 14.3 Å². The minimum atomic E-state index is -5.52. The van der Waals surface area contributed by atoms with E-state index in [4.69, 9.17) is 0 Å². The molecule has 0 N–H and O–H groups in total. The van der Waals surface area contributed by atoms with E-state index in [1.807, 2.05) is 13.8 Å². The first kappa shape index (κ1) is 12.7. The van der Waals surface area contributed by atoms with E-state index in [1.165, 1.54) is 6.08 Å². The summed E-state index contributed by atoms with van der Waals surface area (Å²) in [6.07, 6.45) is 2.89. The summed E-state index contributed by atoms with van der Waals surface area (Å²) in [4.78, 5) is 0. The number of allylic oxidation sites excluding steroid dienone is 2. The fourth-order valence-electron chi connectivity index (χ4n) is 2.64. The standard InChI is InChI=1S/C10H13F3O3S/c1-9(2)6-4-3-5-7(8(6)9)16-17(14,15)10(11,12)13/h5-6,8H,3-4H2,1-2H3. The molecule has 0 aromatic rings. The Bertz CT molecular complexity index is 462. The normalized spacial score (nSPS) is 31.5. The molecule has 0 amide bonds. The second-order valence-corrected chi connectivity index (χ2v) is 6.61. The Balaban J connectivity index is 2.19. The molecule has 0 heterocycles. The summed E-state index contributed by atoms with van der Waals surface area (Å²) in [6.45, 7) is 3.82. The molecule has 2 aliphatic rings. The van der Waals surface area contributed by atoms with Crippen molar-refractivity contribution in [3.63, 3.8) is 0 Å². The second-order valence-electron chi connectivity index (χ2n) is 5.07. The molecule has 2 atom stereocenters. The first-order valence-electron chi connectivity index (χ1n) is 5.28. The Morgan fingerprint density at radius 2 is 2.00 bits per heavy atom. The summed E-state index contributed by atoms with van der Waals surface area (Å²) in [6, 6.07) is 0. The molecule has 0 aromatic heterocycles. The maximum absolute atomic E-state index is 12.2. The molecular weight excluding hydrogens is 257 g/mol. The zero-order valence-electron chi connectivity index (χ0n) is 9.41. The van der Waals surface area contributed by atoms with Gasteiger partial charge in [0, 0.05) is 5.92 Å². The Morgan fingerprint density at radius 3 is 2.53 bits per heavy atom. The van der Waals surface area contributed by atoms with Crippen molar-refractivity contribution in [3.8, 4) is 0 Å². The number of fused-ring (bicyclic) bond motifs is 1. The zero-order valence-corrected chi connectivity index (χ0v) is 10.2. The fraction of sp³-hybridized carbons (Fsp3) is 0.800. The summed E-state index contributed by atoms with van der Waals surface area (Å²) in [5, 5.41) is 0. The Kier molecular flexibility index (Phi) is 2.54. The first-order chi connectivity index (χ1) is 7.57. The van der Waals surface area contributed by atoms with Crippen LogP contribution in [0.1, 0.15) is 26.7 Å². The van der Waals surface area contributed by atoms with Crippen LogP contribution in [0.5, 0.6) is 0 Å². The van der Waals surface area contributed by atoms with Crippen molar-refractivity contribution in [1.82, 2.24) is 0 Å². The molecule has 0 aliphatic heterocycles. The van der Waals surface area contributed by atoms with Gasteiger partial charge in [-0.3, -0.25) is 0 Å². The largest absolute Gasteiger partial charge is 0.534 e. The number of rotatable bonds is 2. The van der Waals surface area contributed by atoms with E-state index >= 15 is 0 Å². The van der Waals surface area contributed by atoms with Crippen LogP contribution in [-0.4, -0.2) is 13.9 Å². The summed E-state index contributed by atoms with van der Waals surface area (Å²) >= 11 is 0. The SMILES string of the molecule is CC1(C)C2CCC=C(OS(=O)(=O)C(F)(F)F)C21. The number of halogens is 3. The molecular formula is C10H13F3O3S. The lowest BCUT2D eigenvalue weighted by atomic mass is 10.1. The van der Waals surface area contributed by atoms with Crippen LogP contribution in [0.15, 0.2) is 11.8 Å². The molecule has 1 saturated carbocycles. The van der Waals surface area contributed by atoms with Gasteiger partial charge in [0.15, 0.2) is 0 Å².